The zero-order valence-corrected chi connectivity index (χ0v) is 20.7. The highest BCUT2D eigenvalue weighted by atomic mass is 32.2. The second kappa shape index (κ2) is 8.19. The summed E-state index contributed by atoms with van der Waals surface area (Å²) < 4.78 is 2.21. The van der Waals surface area contributed by atoms with Crippen LogP contribution in [0.5, 0.6) is 0 Å². The smallest absolute Gasteiger partial charge is 0.165 e. The number of nitrogens with two attached hydrogens (primary N) is 1. The van der Waals surface area contributed by atoms with Crippen molar-refractivity contribution in [1.29, 1.82) is 0 Å². The number of aromatic nitrogens is 3. The molecule has 1 aliphatic rings. The van der Waals surface area contributed by atoms with Crippen LogP contribution >= 0.6 is 11.8 Å². The number of nitrogens with zero attached hydrogens (tertiary/aromatic N) is 3. The molecule has 3 aromatic rings. The van der Waals surface area contributed by atoms with Crippen LogP contribution in [0.4, 0.5) is 5.82 Å². The van der Waals surface area contributed by atoms with Crippen LogP contribution in [0.15, 0.2) is 29.6 Å². The van der Waals surface area contributed by atoms with E-state index in [1.807, 2.05) is 13.0 Å². The van der Waals surface area contributed by atoms with Crippen LogP contribution in [-0.2, 0) is 6.42 Å². The van der Waals surface area contributed by atoms with Crippen molar-refractivity contribution < 1.29 is 4.79 Å². The van der Waals surface area contributed by atoms with Crippen LogP contribution in [0, 0.1) is 12.3 Å². The van der Waals surface area contributed by atoms with Crippen LogP contribution in [0.1, 0.15) is 62.7 Å². The molecule has 170 valence electrons. The van der Waals surface area contributed by atoms with Crippen LogP contribution in [0.3, 0.4) is 0 Å². The maximum atomic E-state index is 12.9. The fraction of sp³-hybridized carbons (Fsp3) is 0.480. The number of hydrogen-bond acceptors (Lipinski definition) is 6. The lowest BCUT2D eigenvalue weighted by Crippen LogP contribution is -2.37. The molecule has 6 nitrogen and oxygen atoms in total. The van der Waals surface area contributed by atoms with Gasteiger partial charge in [0.05, 0.1) is 16.1 Å². The monoisotopic (exact) mass is 451 g/mol. The molecule has 2 heterocycles. The molecule has 0 saturated heterocycles. The molecule has 0 fully saturated rings. The van der Waals surface area contributed by atoms with E-state index in [9.17, 15) is 4.79 Å². The third kappa shape index (κ3) is 4.41. The minimum Gasteiger partial charge on any atom is -0.383 e. The number of aryl methyl sites for hydroxylation is 1. The van der Waals surface area contributed by atoms with E-state index in [0.29, 0.717) is 12.2 Å². The quantitative estimate of drug-likeness (QED) is 0.422. The van der Waals surface area contributed by atoms with E-state index in [4.69, 9.17) is 5.73 Å². The minimum atomic E-state index is -0.0555. The summed E-state index contributed by atoms with van der Waals surface area (Å²) in [7, 11) is 0. The average molecular weight is 452 g/mol. The number of anilines is 1. The molecule has 2 aromatic heterocycles. The Kier molecular flexibility index (Phi) is 5.84. The molecule has 0 radical (unpaired) electrons. The summed E-state index contributed by atoms with van der Waals surface area (Å²) in [4.78, 5) is 22.8. The summed E-state index contributed by atoms with van der Waals surface area (Å²) in [5, 5.41) is 4.41. The average Bonchev–Trinajstić information content (AvgIpc) is 2.99. The number of nitrogen functional groups attached to an aromatic ring is 1. The van der Waals surface area contributed by atoms with Crippen molar-refractivity contribution in [1.82, 2.24) is 19.9 Å². The van der Waals surface area contributed by atoms with Gasteiger partial charge in [-0.2, -0.15) is 0 Å². The molecule has 0 aliphatic heterocycles. The first-order valence-electron chi connectivity index (χ1n) is 11.1. The fourth-order valence-electron chi connectivity index (χ4n) is 4.52. The van der Waals surface area contributed by atoms with Gasteiger partial charge in [0.15, 0.2) is 5.78 Å². The van der Waals surface area contributed by atoms with Gasteiger partial charge < -0.3 is 15.6 Å². The van der Waals surface area contributed by atoms with Crippen LogP contribution in [-0.4, -0.2) is 38.2 Å². The van der Waals surface area contributed by atoms with Gasteiger partial charge in [0.25, 0.3) is 0 Å². The lowest BCUT2D eigenvalue weighted by molar-refractivity contribution is 0.0910. The number of thioether (sulfide) groups is 1. The Balaban J connectivity index is 1.83. The largest absolute Gasteiger partial charge is 0.383 e. The fourth-order valence-corrected chi connectivity index (χ4v) is 5.54. The molecule has 1 aromatic carbocycles. The van der Waals surface area contributed by atoms with Crippen LogP contribution < -0.4 is 11.1 Å². The molecule has 1 aliphatic carbocycles. The molecule has 0 saturated carbocycles. The molecule has 0 spiro atoms. The van der Waals surface area contributed by atoms with Crippen LogP contribution in [0.25, 0.3) is 16.6 Å². The normalized spacial score (nSPS) is 15.9. The summed E-state index contributed by atoms with van der Waals surface area (Å²) in [6, 6.07) is 4.09. The van der Waals surface area contributed by atoms with Gasteiger partial charge in [-0.1, -0.05) is 13.8 Å². The maximum absolute atomic E-state index is 12.9. The third-order valence-corrected chi connectivity index (χ3v) is 6.99. The number of rotatable bonds is 5. The van der Waals surface area contributed by atoms with Gasteiger partial charge in [-0.3, -0.25) is 4.79 Å². The number of hydrogen-bond donors (Lipinski definition) is 2. The first kappa shape index (κ1) is 22.8. The van der Waals surface area contributed by atoms with Gasteiger partial charge in [-0.25, -0.2) is 9.97 Å². The molecular weight excluding hydrogens is 418 g/mol. The Bertz CT molecular complexity index is 1190. The third-order valence-electron chi connectivity index (χ3n) is 5.89. The van der Waals surface area contributed by atoms with E-state index >= 15 is 0 Å². The number of ketones is 1. The summed E-state index contributed by atoms with van der Waals surface area (Å²) in [5.74, 6) is 1.61. The minimum absolute atomic E-state index is 0.0555. The van der Waals surface area contributed by atoms with Crippen molar-refractivity contribution in [2.75, 3.05) is 18.0 Å². The van der Waals surface area contributed by atoms with Crippen molar-refractivity contribution in [3.63, 3.8) is 0 Å². The predicted molar refractivity (Wildman–Crippen MR) is 133 cm³/mol. The van der Waals surface area contributed by atoms with Gasteiger partial charge in [0.1, 0.15) is 12.1 Å². The molecule has 32 heavy (non-hydrogen) atoms. The van der Waals surface area contributed by atoms with Gasteiger partial charge >= 0.3 is 0 Å². The zero-order chi connectivity index (χ0) is 23.3. The molecular formula is C25H33N5OS. The van der Waals surface area contributed by atoms with Gasteiger partial charge in [-0.15, -0.1) is 11.8 Å². The van der Waals surface area contributed by atoms with E-state index in [1.54, 1.807) is 11.8 Å². The van der Waals surface area contributed by atoms with E-state index in [-0.39, 0.29) is 16.7 Å². The zero-order valence-electron chi connectivity index (χ0n) is 19.9. The van der Waals surface area contributed by atoms with E-state index in [0.717, 1.165) is 57.0 Å². The van der Waals surface area contributed by atoms with Crippen molar-refractivity contribution in [2.45, 2.75) is 64.8 Å². The molecule has 7 heteroatoms. The summed E-state index contributed by atoms with van der Waals surface area (Å²) in [5.41, 5.74) is 11.1. The molecule has 0 bridgehead atoms. The highest BCUT2D eigenvalue weighted by molar-refractivity contribution is 7.99. The number of carbonyl (C=O) groups excluding carboxylic acids is 1. The number of Topliss-reactive ketones (excluding diaryl/α,β-unsaturated/α-hetero) is 1. The number of benzene rings is 1. The first-order chi connectivity index (χ1) is 15.0. The van der Waals surface area contributed by atoms with Crippen molar-refractivity contribution >= 4 is 34.3 Å². The van der Waals surface area contributed by atoms with Gasteiger partial charge in [0, 0.05) is 47.1 Å². The second-order valence-electron chi connectivity index (χ2n) is 10.5. The molecule has 0 amide bonds. The number of fused-ring (bicyclic) bond motifs is 2. The van der Waals surface area contributed by atoms with E-state index < -0.39 is 0 Å². The summed E-state index contributed by atoms with van der Waals surface area (Å²) >= 11 is 1.77. The van der Waals surface area contributed by atoms with E-state index in [1.165, 1.54) is 6.33 Å². The summed E-state index contributed by atoms with van der Waals surface area (Å²) in [6.07, 6.45) is 5.09. The Hall–Kier alpha value is -2.38. The Labute approximate surface area is 194 Å². The molecule has 4 rings (SSSR count). The Morgan fingerprint density at radius 3 is 2.69 bits per heavy atom. The first-order valence-corrected chi connectivity index (χ1v) is 12.1. The van der Waals surface area contributed by atoms with Crippen LogP contribution in [0.2, 0.25) is 0 Å². The predicted octanol–water partition coefficient (Wildman–Crippen LogP) is 4.95. The van der Waals surface area contributed by atoms with Crippen molar-refractivity contribution in [2.24, 2.45) is 5.41 Å². The number of nitrogens with one attached hydrogen (secondary N) is 1. The Morgan fingerprint density at radius 1 is 1.22 bits per heavy atom. The second-order valence-corrected chi connectivity index (χ2v) is 11.6. The summed E-state index contributed by atoms with van der Waals surface area (Å²) in [6.45, 7) is 13.8. The SMILES string of the molecule is Cc1cn(-c2ccc3c(N)ncnc3c2SCCNC(C)(C)C)c2c1C(=O)CC(C)(C)C2. The van der Waals surface area contributed by atoms with Crippen molar-refractivity contribution in [3.8, 4) is 5.69 Å². The molecule has 3 N–H and O–H groups in total. The molecule has 0 unspecified atom stereocenters. The highest BCUT2D eigenvalue weighted by Gasteiger charge is 2.35. The van der Waals surface area contributed by atoms with Gasteiger partial charge in [-0.05, 0) is 57.2 Å². The number of carbonyl (C=O) groups is 1. The topological polar surface area (TPSA) is 85.8 Å². The Morgan fingerprint density at radius 2 is 1.97 bits per heavy atom. The molecule has 0 atom stereocenters. The lowest BCUT2D eigenvalue weighted by atomic mass is 9.75. The maximum Gasteiger partial charge on any atom is 0.165 e. The van der Waals surface area contributed by atoms with Gasteiger partial charge in [0.2, 0.25) is 0 Å². The standard InChI is InChI=1S/C25H33N5OS/c1-15-13-30(18-11-25(5,6)12-19(31)20(15)18)17-8-7-16-21(27-14-28-23(16)26)22(17)32-10-9-29-24(2,3)4/h7-8,13-14,29H,9-12H2,1-6H3,(H2,26,27,28). The van der Waals surface area contributed by atoms with Crippen molar-refractivity contribution in [3.05, 3.63) is 41.5 Å². The lowest BCUT2D eigenvalue weighted by Gasteiger charge is -2.30. The van der Waals surface area contributed by atoms with E-state index in [2.05, 4.69) is 66.7 Å². The highest BCUT2D eigenvalue weighted by Crippen LogP contribution is 2.41.